The third kappa shape index (κ3) is 15.4. The van der Waals surface area contributed by atoms with Crippen molar-refractivity contribution in [3.8, 4) is 0 Å². The van der Waals surface area contributed by atoms with Crippen LogP contribution in [0.1, 0.15) is 72.9 Å². The van der Waals surface area contributed by atoms with Crippen LogP contribution in [-0.4, -0.2) is 150 Å². The Hall–Kier alpha value is -5.22. The number of benzene rings is 2. The van der Waals surface area contributed by atoms with Crippen molar-refractivity contribution >= 4 is 53.1 Å². The number of rotatable bonds is 26. The van der Waals surface area contributed by atoms with Gasteiger partial charge in [-0.1, -0.05) is 73.2 Å². The summed E-state index contributed by atoms with van der Waals surface area (Å²) in [6.45, 7) is -0.0261. The molecule has 6 rings (SSSR count). The van der Waals surface area contributed by atoms with Crippen LogP contribution in [0, 0.1) is 11.8 Å². The van der Waals surface area contributed by atoms with Crippen molar-refractivity contribution in [2.24, 2.45) is 11.8 Å². The maximum Gasteiger partial charge on any atom is 0.315 e. The predicted octanol–water partition coefficient (Wildman–Crippen LogP) is 0.519. The Morgan fingerprint density at radius 2 is 1.57 bits per heavy atom. The van der Waals surface area contributed by atoms with Gasteiger partial charge in [0.1, 0.15) is 24.1 Å². The number of urea groups is 1. The van der Waals surface area contributed by atoms with Gasteiger partial charge in [-0.05, 0) is 50.1 Å². The molecule has 2 aromatic rings. The molecule has 0 aromatic heterocycles. The van der Waals surface area contributed by atoms with Crippen molar-refractivity contribution in [2.45, 2.75) is 106 Å². The first-order valence-electron chi connectivity index (χ1n) is 23.0. The molecule has 20 heteroatoms. The van der Waals surface area contributed by atoms with Gasteiger partial charge in [0.05, 0.1) is 44.4 Å². The highest BCUT2D eigenvalue weighted by molar-refractivity contribution is 8.00. The highest BCUT2D eigenvalue weighted by Crippen LogP contribution is 2.35. The number of aliphatic hydroxyl groups excluding tert-OH is 2. The zero-order chi connectivity index (χ0) is 47.7. The molecular weight excluding hydrogens is 887 g/mol. The Balaban J connectivity index is 0.919. The summed E-state index contributed by atoms with van der Waals surface area (Å²) in [6, 6.07) is 15.2. The molecule has 10 atom stereocenters. The summed E-state index contributed by atoms with van der Waals surface area (Å²) in [6.07, 6.45) is 3.04. The van der Waals surface area contributed by atoms with Gasteiger partial charge in [-0.25, -0.2) is 4.79 Å². The minimum atomic E-state index is -1.46. The fraction of sp³-hybridized carbons (Fsp3) is 0.553. The summed E-state index contributed by atoms with van der Waals surface area (Å²) in [5.41, 5.74) is 1.85. The second kappa shape index (κ2) is 25.8. The van der Waals surface area contributed by atoms with E-state index in [-0.39, 0.29) is 86.6 Å². The molecule has 3 unspecified atom stereocenters. The Bertz CT molecular complexity index is 2050. The number of aliphatic hydroxyl groups is 2. The second-order valence-corrected chi connectivity index (χ2v) is 18.6. The predicted molar refractivity (Wildman–Crippen MR) is 247 cm³/mol. The minimum Gasteiger partial charge on any atom is -0.481 e. The average molecular weight is 950 g/mol. The number of ketones is 2. The number of ether oxygens (including phenoxy) is 2. The Morgan fingerprint density at radius 3 is 2.31 bits per heavy atom. The molecular formula is C47H63N7O12S. The van der Waals surface area contributed by atoms with Crippen LogP contribution in [0.5, 0.6) is 0 Å². The van der Waals surface area contributed by atoms with Crippen LogP contribution in [0.2, 0.25) is 0 Å². The molecule has 1 saturated carbocycles. The Kier molecular flexibility index (Phi) is 19.7. The molecule has 67 heavy (non-hydrogen) atoms. The monoisotopic (exact) mass is 949 g/mol. The summed E-state index contributed by atoms with van der Waals surface area (Å²) >= 11 is 1.86. The number of carbonyl (C=O) groups is 7. The molecule has 5 amide bonds. The zero-order valence-electron chi connectivity index (χ0n) is 37.4. The van der Waals surface area contributed by atoms with Gasteiger partial charge in [-0.2, -0.15) is 11.8 Å². The number of aliphatic carboxylic acids is 1. The summed E-state index contributed by atoms with van der Waals surface area (Å²) in [7, 11) is 0. The lowest BCUT2D eigenvalue weighted by Crippen LogP contribution is -2.64. The van der Waals surface area contributed by atoms with Gasteiger partial charge in [0.15, 0.2) is 12.1 Å². The molecule has 1 aliphatic carbocycles. The molecule has 0 bridgehead atoms. The van der Waals surface area contributed by atoms with Crippen LogP contribution in [0.15, 0.2) is 66.7 Å². The lowest BCUT2D eigenvalue weighted by Gasteiger charge is -2.43. The molecule has 3 heterocycles. The van der Waals surface area contributed by atoms with E-state index in [2.05, 4.69) is 37.2 Å². The third-order valence-corrected chi connectivity index (χ3v) is 14.0. The summed E-state index contributed by atoms with van der Waals surface area (Å²) < 4.78 is 12.2. The average Bonchev–Trinajstić information content (AvgIpc) is 4.00. The molecule has 10 N–H and O–H groups in total. The smallest absolute Gasteiger partial charge is 0.315 e. The number of unbranched alkanes of at least 4 members (excludes halogenated alkanes) is 1. The first-order chi connectivity index (χ1) is 32.4. The fourth-order valence-corrected chi connectivity index (χ4v) is 10.4. The molecule has 19 nitrogen and oxygen atoms in total. The van der Waals surface area contributed by atoms with Gasteiger partial charge >= 0.3 is 12.0 Å². The van der Waals surface area contributed by atoms with Gasteiger partial charge in [-0.3, -0.25) is 28.8 Å². The molecule has 364 valence electrons. The van der Waals surface area contributed by atoms with Crippen LogP contribution in [0.25, 0.3) is 0 Å². The minimum absolute atomic E-state index is 0.0214. The van der Waals surface area contributed by atoms with Crippen molar-refractivity contribution in [1.29, 1.82) is 0 Å². The number of amides is 5. The van der Waals surface area contributed by atoms with Crippen molar-refractivity contribution in [3.63, 3.8) is 0 Å². The molecule has 4 aliphatic rings. The number of Topliss-reactive ketones (excluding diaryl/α,β-unsaturated/α-hetero) is 1. The van der Waals surface area contributed by atoms with Crippen molar-refractivity contribution in [3.05, 3.63) is 83.4 Å². The van der Waals surface area contributed by atoms with Crippen LogP contribution in [0.4, 0.5) is 4.79 Å². The highest BCUT2D eigenvalue weighted by atomic mass is 32.2. The standard InChI is InChI=1S/C47H63N7O12S/c55-34-18-17-31(21-40(59)60)32(34)11-5-2-8-20-65-46-42(52-22-28-13-15-30(16-14-28)43(61)29-9-3-1-4-10-29)45(63)44(62)35(66-46)23-49-38(57)25-51-39(58)26-50-37(56)24-48-19-7-6-12-36-41-33(27-67-36)53-47(64)54-41/h1-5,9-10,13-16,31-33,35-36,41-42,44-46,48,52,62-63H,6-8,11-12,17-27H2,(H,49,57)(H,50,56)(H,51,58)(H,59,60)(H2,53,54,64)/b5-2-/t31-,32-,33?,35+,36?,41?,42-,44-,45-,46-/m0/s1. The zero-order valence-corrected chi connectivity index (χ0v) is 38.2. The van der Waals surface area contributed by atoms with Gasteiger partial charge < -0.3 is 62.0 Å². The number of thioether (sulfide) groups is 1. The molecule has 2 aromatic carbocycles. The van der Waals surface area contributed by atoms with E-state index in [1.807, 2.05) is 30.0 Å². The quantitative estimate of drug-likeness (QED) is 0.0267. The van der Waals surface area contributed by atoms with Crippen LogP contribution in [-0.2, 0) is 40.0 Å². The summed E-state index contributed by atoms with van der Waals surface area (Å²) in [4.78, 5) is 85.6. The first-order valence-corrected chi connectivity index (χ1v) is 24.0. The van der Waals surface area contributed by atoms with Gasteiger partial charge in [0, 0.05) is 54.0 Å². The normalized spacial score (nSPS) is 26.7. The van der Waals surface area contributed by atoms with Crippen LogP contribution < -0.4 is 37.2 Å². The molecule has 4 fully saturated rings. The van der Waals surface area contributed by atoms with E-state index in [9.17, 15) is 48.9 Å². The maximum atomic E-state index is 12.9. The second-order valence-electron chi connectivity index (χ2n) is 17.3. The number of allylic oxidation sites excluding steroid dienone is 1. The molecule has 3 aliphatic heterocycles. The van der Waals surface area contributed by atoms with E-state index >= 15 is 0 Å². The van der Waals surface area contributed by atoms with E-state index in [0.717, 1.165) is 30.6 Å². The van der Waals surface area contributed by atoms with E-state index in [1.165, 1.54) is 0 Å². The highest BCUT2D eigenvalue weighted by Gasteiger charge is 2.45. The molecule has 0 radical (unpaired) electrons. The topological polar surface area (TPSA) is 283 Å². The van der Waals surface area contributed by atoms with E-state index in [0.29, 0.717) is 48.6 Å². The van der Waals surface area contributed by atoms with Gasteiger partial charge in [0.2, 0.25) is 17.7 Å². The summed E-state index contributed by atoms with van der Waals surface area (Å²) in [5, 5.41) is 51.8. The number of nitrogens with one attached hydrogen (secondary N) is 7. The van der Waals surface area contributed by atoms with E-state index < -0.39 is 55.0 Å². The Labute approximate surface area is 393 Å². The van der Waals surface area contributed by atoms with Crippen molar-refractivity contribution < 1.29 is 58.4 Å². The number of hydrogen-bond donors (Lipinski definition) is 10. The van der Waals surface area contributed by atoms with E-state index in [4.69, 9.17) is 9.47 Å². The van der Waals surface area contributed by atoms with Gasteiger partial charge in [-0.15, -0.1) is 0 Å². The fourth-order valence-electron chi connectivity index (χ4n) is 8.81. The first kappa shape index (κ1) is 51.2. The maximum absolute atomic E-state index is 12.9. The lowest BCUT2D eigenvalue weighted by atomic mass is 9.89. The van der Waals surface area contributed by atoms with Crippen LogP contribution in [0.3, 0.4) is 0 Å². The van der Waals surface area contributed by atoms with Crippen molar-refractivity contribution in [1.82, 2.24) is 37.2 Å². The molecule has 3 saturated heterocycles. The third-order valence-electron chi connectivity index (χ3n) is 12.5. The van der Waals surface area contributed by atoms with Gasteiger partial charge in [0.25, 0.3) is 0 Å². The number of fused-ring (bicyclic) bond motifs is 1. The SMILES string of the molecule is O=C(O)C[C@@H]1CCC(=O)[C@H]1C/C=C\CCO[C@H]1O[C@H](CNC(=O)CNC(=O)CNC(=O)CNCCCCC2SCC3NC(=O)NC32)[C@H](O)[C@@H](O)[C@@H]1NCc1ccc(C(=O)c2ccccc2)cc1. The number of carboxylic acid groups (broad SMARTS) is 1. The number of carboxylic acids is 1. The van der Waals surface area contributed by atoms with Crippen molar-refractivity contribution in [2.75, 3.05) is 45.1 Å². The van der Waals surface area contributed by atoms with Crippen LogP contribution >= 0.6 is 11.8 Å². The number of carbonyl (C=O) groups excluding carboxylic acids is 6. The molecule has 0 spiro atoms. The lowest BCUT2D eigenvalue weighted by molar-refractivity contribution is -0.263. The largest absolute Gasteiger partial charge is 0.481 e. The Morgan fingerprint density at radius 1 is 0.851 bits per heavy atom. The number of hydrogen-bond acceptors (Lipinski definition) is 14. The van der Waals surface area contributed by atoms with E-state index in [1.54, 1.807) is 48.5 Å². The summed E-state index contributed by atoms with van der Waals surface area (Å²) in [5.74, 6) is -2.20.